The van der Waals surface area contributed by atoms with Crippen molar-refractivity contribution in [1.82, 2.24) is 4.31 Å². The lowest BCUT2D eigenvalue weighted by molar-refractivity contribution is 0.102. The second kappa shape index (κ2) is 7.78. The quantitative estimate of drug-likeness (QED) is 0.576. The molecule has 1 aliphatic heterocycles. The second-order valence-electron chi connectivity index (χ2n) is 6.20. The van der Waals surface area contributed by atoms with E-state index < -0.39 is 10.0 Å². The van der Waals surface area contributed by atoms with Crippen LogP contribution < -0.4 is 0 Å². The summed E-state index contributed by atoms with van der Waals surface area (Å²) in [5.41, 5.74) is 2.17. The van der Waals surface area contributed by atoms with Crippen LogP contribution in [0.25, 0.3) is 0 Å². The van der Waals surface area contributed by atoms with Gasteiger partial charge in [0.2, 0.25) is 10.0 Å². The lowest BCUT2D eigenvalue weighted by atomic mass is 10.0. The standard InChI is InChI=1S/C20H21NO3S2/c1-15-9-11-17(12-10-15)26(23,24)21-13-5-6-16(14-21)20(22)18-7-3-4-8-19(18)25-2/h3-4,6-12H,5,13-14H2,1-2H3. The summed E-state index contributed by atoms with van der Waals surface area (Å²) in [5, 5.41) is 0. The Bertz CT molecular complexity index is 947. The number of hydrogen-bond acceptors (Lipinski definition) is 4. The van der Waals surface area contributed by atoms with Crippen LogP contribution in [0, 0.1) is 6.92 Å². The largest absolute Gasteiger partial charge is 0.289 e. The van der Waals surface area contributed by atoms with E-state index in [1.165, 1.54) is 16.1 Å². The maximum absolute atomic E-state index is 12.9. The van der Waals surface area contributed by atoms with Gasteiger partial charge in [0, 0.05) is 29.1 Å². The zero-order chi connectivity index (χ0) is 18.7. The molecule has 6 heteroatoms. The Hall–Kier alpha value is -1.89. The van der Waals surface area contributed by atoms with Crippen molar-refractivity contribution in [2.45, 2.75) is 23.1 Å². The highest BCUT2D eigenvalue weighted by atomic mass is 32.2. The van der Waals surface area contributed by atoms with Crippen LogP contribution in [0.5, 0.6) is 0 Å². The minimum atomic E-state index is -3.61. The topological polar surface area (TPSA) is 54.5 Å². The van der Waals surface area contributed by atoms with Gasteiger partial charge in [0.25, 0.3) is 0 Å². The molecule has 0 unspecified atom stereocenters. The number of benzene rings is 2. The fourth-order valence-electron chi connectivity index (χ4n) is 2.95. The van der Waals surface area contributed by atoms with E-state index in [1.807, 2.05) is 37.5 Å². The van der Waals surface area contributed by atoms with Gasteiger partial charge in [0.05, 0.1) is 4.90 Å². The Morgan fingerprint density at radius 1 is 1.08 bits per heavy atom. The first-order valence-corrected chi connectivity index (χ1v) is 11.0. The van der Waals surface area contributed by atoms with Gasteiger partial charge in [0.1, 0.15) is 0 Å². The molecule has 136 valence electrons. The molecular formula is C20H21NO3S2. The highest BCUT2D eigenvalue weighted by molar-refractivity contribution is 7.98. The third-order valence-corrected chi connectivity index (χ3v) is 7.07. The summed E-state index contributed by atoms with van der Waals surface area (Å²) in [6, 6.07) is 14.2. The summed E-state index contributed by atoms with van der Waals surface area (Å²) in [6.45, 7) is 2.41. The van der Waals surface area contributed by atoms with E-state index in [9.17, 15) is 13.2 Å². The van der Waals surface area contributed by atoms with Crippen molar-refractivity contribution in [2.24, 2.45) is 0 Å². The van der Waals surface area contributed by atoms with Crippen LogP contribution in [0.15, 0.2) is 70.0 Å². The summed E-state index contributed by atoms with van der Waals surface area (Å²) in [6.07, 6.45) is 4.32. The molecular weight excluding hydrogens is 366 g/mol. The highest BCUT2D eigenvalue weighted by Gasteiger charge is 2.29. The SMILES string of the molecule is CSc1ccccc1C(=O)C1=CCCN(S(=O)(=O)c2ccc(C)cc2)C1. The second-order valence-corrected chi connectivity index (χ2v) is 8.99. The minimum Gasteiger partial charge on any atom is -0.289 e. The van der Waals surface area contributed by atoms with Crippen molar-refractivity contribution >= 4 is 27.6 Å². The number of aryl methyl sites for hydroxylation is 1. The van der Waals surface area contributed by atoms with Gasteiger partial charge in [-0.3, -0.25) is 4.79 Å². The molecule has 0 N–H and O–H groups in total. The van der Waals surface area contributed by atoms with E-state index in [4.69, 9.17) is 0 Å². The van der Waals surface area contributed by atoms with E-state index in [1.54, 1.807) is 30.3 Å². The van der Waals surface area contributed by atoms with Crippen LogP contribution in [0.3, 0.4) is 0 Å². The van der Waals surface area contributed by atoms with Gasteiger partial charge in [-0.2, -0.15) is 4.31 Å². The highest BCUT2D eigenvalue weighted by Crippen LogP contribution is 2.26. The van der Waals surface area contributed by atoms with Gasteiger partial charge in [0.15, 0.2) is 5.78 Å². The molecule has 0 atom stereocenters. The van der Waals surface area contributed by atoms with Crippen LogP contribution in [0.4, 0.5) is 0 Å². The van der Waals surface area contributed by atoms with Crippen LogP contribution in [-0.4, -0.2) is 37.9 Å². The number of rotatable bonds is 5. The van der Waals surface area contributed by atoms with Crippen molar-refractivity contribution < 1.29 is 13.2 Å². The summed E-state index contributed by atoms with van der Waals surface area (Å²) < 4.78 is 27.2. The molecule has 0 aliphatic carbocycles. The summed E-state index contributed by atoms with van der Waals surface area (Å²) in [4.78, 5) is 14.1. The van der Waals surface area contributed by atoms with Crippen molar-refractivity contribution in [3.8, 4) is 0 Å². The van der Waals surface area contributed by atoms with Gasteiger partial charge in [-0.05, 0) is 43.9 Å². The lowest BCUT2D eigenvalue weighted by Crippen LogP contribution is -2.37. The molecule has 3 rings (SSSR count). The molecule has 0 saturated heterocycles. The number of thioether (sulfide) groups is 1. The first-order chi connectivity index (χ1) is 12.4. The van der Waals surface area contributed by atoms with Crippen LogP contribution in [0.2, 0.25) is 0 Å². The van der Waals surface area contributed by atoms with Crippen LogP contribution >= 0.6 is 11.8 Å². The van der Waals surface area contributed by atoms with Crippen molar-refractivity contribution in [2.75, 3.05) is 19.3 Å². The zero-order valence-electron chi connectivity index (χ0n) is 14.8. The number of ketones is 1. The predicted molar refractivity (Wildman–Crippen MR) is 105 cm³/mol. The molecule has 0 aromatic heterocycles. The molecule has 0 radical (unpaired) electrons. The molecule has 2 aromatic rings. The van der Waals surface area contributed by atoms with Crippen LogP contribution in [-0.2, 0) is 10.0 Å². The molecule has 0 saturated carbocycles. The molecule has 26 heavy (non-hydrogen) atoms. The Morgan fingerprint density at radius 2 is 1.77 bits per heavy atom. The van der Waals surface area contributed by atoms with Crippen molar-refractivity contribution in [1.29, 1.82) is 0 Å². The molecule has 2 aromatic carbocycles. The van der Waals surface area contributed by atoms with E-state index >= 15 is 0 Å². The van der Waals surface area contributed by atoms with Crippen molar-refractivity contribution in [3.63, 3.8) is 0 Å². The average Bonchev–Trinajstić information content (AvgIpc) is 2.68. The fourth-order valence-corrected chi connectivity index (χ4v) is 4.98. The van der Waals surface area contributed by atoms with Crippen LogP contribution in [0.1, 0.15) is 22.3 Å². The fraction of sp³-hybridized carbons (Fsp3) is 0.250. The molecule has 1 aliphatic rings. The third-order valence-electron chi connectivity index (χ3n) is 4.42. The predicted octanol–water partition coefficient (Wildman–Crippen LogP) is 3.92. The third kappa shape index (κ3) is 3.77. The smallest absolute Gasteiger partial charge is 0.243 e. The first-order valence-electron chi connectivity index (χ1n) is 8.37. The van der Waals surface area contributed by atoms with E-state index in [2.05, 4.69) is 0 Å². The van der Waals surface area contributed by atoms with E-state index in [-0.39, 0.29) is 17.2 Å². The Labute approximate surface area is 159 Å². The summed E-state index contributed by atoms with van der Waals surface area (Å²) in [5.74, 6) is -0.0984. The molecule has 0 fully saturated rings. The molecule has 4 nitrogen and oxygen atoms in total. The van der Waals surface area contributed by atoms with E-state index in [0.717, 1.165) is 10.5 Å². The maximum atomic E-state index is 12.9. The number of Topliss-reactive ketones (excluding diaryl/α,β-unsaturated/α-hetero) is 1. The molecule has 0 amide bonds. The molecule has 0 bridgehead atoms. The average molecular weight is 388 g/mol. The summed E-state index contributed by atoms with van der Waals surface area (Å²) in [7, 11) is -3.61. The maximum Gasteiger partial charge on any atom is 0.243 e. The van der Waals surface area contributed by atoms with Gasteiger partial charge in [-0.15, -0.1) is 11.8 Å². The number of sulfonamides is 1. The first kappa shape index (κ1) is 18.9. The normalized spacial score (nSPS) is 15.5. The monoisotopic (exact) mass is 387 g/mol. The van der Waals surface area contributed by atoms with Gasteiger partial charge in [-0.25, -0.2) is 8.42 Å². The van der Waals surface area contributed by atoms with Gasteiger partial charge >= 0.3 is 0 Å². The number of carbonyl (C=O) groups is 1. The molecule has 0 spiro atoms. The Kier molecular flexibility index (Phi) is 5.65. The van der Waals surface area contributed by atoms with Gasteiger partial charge < -0.3 is 0 Å². The van der Waals surface area contributed by atoms with Crippen molar-refractivity contribution in [3.05, 3.63) is 71.3 Å². The Balaban J connectivity index is 1.86. The van der Waals surface area contributed by atoms with Gasteiger partial charge in [-0.1, -0.05) is 35.9 Å². The molecule has 1 heterocycles. The summed E-state index contributed by atoms with van der Waals surface area (Å²) >= 11 is 1.51. The number of nitrogens with zero attached hydrogens (tertiary/aromatic N) is 1. The number of hydrogen-bond donors (Lipinski definition) is 0. The minimum absolute atomic E-state index is 0.0984. The lowest BCUT2D eigenvalue weighted by Gasteiger charge is -2.26. The van der Waals surface area contributed by atoms with E-state index in [0.29, 0.717) is 24.1 Å². The Morgan fingerprint density at radius 3 is 2.46 bits per heavy atom. The zero-order valence-corrected chi connectivity index (χ0v) is 16.4. The number of carbonyl (C=O) groups excluding carboxylic acids is 1.